The summed E-state index contributed by atoms with van der Waals surface area (Å²) in [6.45, 7) is -10.7. The number of thiophene rings is 3. The smallest absolute Gasteiger partial charge is 0.280 e. The second-order valence-electron chi connectivity index (χ2n) is 19.5. The minimum atomic E-state index is -5.22. The molecular weight excluding hydrogens is 1430 g/mol. The molecule has 96 heavy (non-hydrogen) atoms. The average Bonchev–Trinajstić information content (AvgIpc) is 1.01. The van der Waals surface area contributed by atoms with Gasteiger partial charge in [0.15, 0.2) is 0 Å². The van der Waals surface area contributed by atoms with Gasteiger partial charge in [0.05, 0.1) is 92.0 Å². The van der Waals surface area contributed by atoms with Crippen molar-refractivity contribution in [2.24, 2.45) is 21.1 Å². The summed E-state index contributed by atoms with van der Waals surface area (Å²) in [6.07, 6.45) is 2.61. The predicted molar refractivity (Wildman–Crippen MR) is 373 cm³/mol. The highest BCUT2D eigenvalue weighted by molar-refractivity contribution is 7.87. The number of aryl methyl sites for hydroxylation is 3. The number of halogens is 6. The Hall–Kier alpha value is -6.93. The van der Waals surface area contributed by atoms with Crippen LogP contribution in [0.3, 0.4) is 0 Å². The maximum Gasteiger partial charge on any atom is 0.280 e. The van der Waals surface area contributed by atoms with Gasteiger partial charge in [0.1, 0.15) is 35.5 Å². The van der Waals surface area contributed by atoms with Crippen LogP contribution >= 0.6 is 68.8 Å². The summed E-state index contributed by atoms with van der Waals surface area (Å²) in [4.78, 5) is 53.9. The van der Waals surface area contributed by atoms with Crippen molar-refractivity contribution in [1.29, 1.82) is 0 Å². The van der Waals surface area contributed by atoms with Gasteiger partial charge in [0.25, 0.3) is 30.6 Å². The second-order valence-corrected chi connectivity index (χ2v) is 28.5. The number of hydrogen-bond acceptors (Lipinski definition) is 15. The van der Waals surface area contributed by atoms with E-state index in [1.165, 1.54) is 55.4 Å². The Morgan fingerprint density at radius 3 is 0.969 bits per heavy atom. The van der Waals surface area contributed by atoms with Crippen molar-refractivity contribution >= 4 is 134 Å². The van der Waals surface area contributed by atoms with Crippen LogP contribution in [0.5, 0.6) is 0 Å². The van der Waals surface area contributed by atoms with Gasteiger partial charge in [-0.1, -0.05) is 57.1 Å². The second kappa shape index (κ2) is 31.3. The van der Waals surface area contributed by atoms with Crippen LogP contribution in [0.2, 0.25) is 15.1 Å². The summed E-state index contributed by atoms with van der Waals surface area (Å²) in [6, 6.07) is -0.636. The van der Waals surface area contributed by atoms with Crippen LogP contribution in [0.25, 0.3) is 31.7 Å². The quantitative estimate of drug-likeness (QED) is 0.0666. The molecule has 0 bridgehead atoms. The largest absolute Gasteiger partial charge is 0.340 e. The van der Waals surface area contributed by atoms with Gasteiger partial charge >= 0.3 is 0 Å². The molecule has 0 spiro atoms. The van der Waals surface area contributed by atoms with Gasteiger partial charge < -0.3 is 29.7 Å². The van der Waals surface area contributed by atoms with Gasteiger partial charge in [-0.2, -0.15) is 52.3 Å². The molecule has 0 aliphatic carbocycles. The number of likely N-dealkylation sites (N-methyl/N-ethyl adjacent to an activating group) is 3. The number of nitrogens with zero attached hydrogens (tertiary/aromatic N) is 9. The molecule has 3 aromatic carbocycles. The lowest BCUT2D eigenvalue weighted by Gasteiger charge is -2.35. The number of hydrogen-bond donors (Lipinski definition) is 6. The lowest BCUT2D eigenvalue weighted by Crippen LogP contribution is -2.55. The van der Waals surface area contributed by atoms with Gasteiger partial charge in [-0.15, -0.1) is 34.0 Å². The number of anilines is 3. The van der Waals surface area contributed by atoms with Gasteiger partial charge in [-0.05, 0) is 110 Å². The monoisotopic (exact) mass is 1520 g/mol. The number of carbonyl (C=O) groups excluding carboxylic acids is 3. The summed E-state index contributed by atoms with van der Waals surface area (Å²) in [7, 11) is -10.4. The van der Waals surface area contributed by atoms with Crippen molar-refractivity contribution in [3.05, 3.63) is 176 Å². The van der Waals surface area contributed by atoms with E-state index in [9.17, 15) is 52.8 Å². The zero-order chi connectivity index (χ0) is 82.7. The van der Waals surface area contributed by atoms with Gasteiger partial charge in [-0.25, -0.2) is 28.1 Å². The number of nitrogens with one attached hydrogen (secondary N) is 6. The Labute approximate surface area is 607 Å². The molecule has 3 amide bonds. The van der Waals surface area contributed by atoms with E-state index in [-0.39, 0.29) is 54.0 Å². The van der Waals surface area contributed by atoms with E-state index >= 15 is 0 Å². The first kappa shape index (κ1) is 54.0. The minimum Gasteiger partial charge on any atom is -0.340 e. The molecule has 516 valence electrons. The summed E-state index contributed by atoms with van der Waals surface area (Å²) < 4.78 is 278. The molecule has 3 aliphatic heterocycles. The summed E-state index contributed by atoms with van der Waals surface area (Å²) >= 11 is 19.8. The first-order chi connectivity index (χ1) is 51.0. The molecular formula is C60H69Cl3F3N15O9S6. The third kappa shape index (κ3) is 17.7. The van der Waals surface area contributed by atoms with Crippen LogP contribution in [0.15, 0.2) is 129 Å². The fraction of sp³-hybridized carbons (Fsp3) is 0.300. The van der Waals surface area contributed by atoms with Crippen LogP contribution in [-0.2, 0) is 66.2 Å². The van der Waals surface area contributed by atoms with Gasteiger partial charge in [0, 0.05) is 109 Å². The zero-order valence-corrected chi connectivity index (χ0v) is 54.4. The maximum absolute atomic E-state index is 13.6. The molecule has 6 aromatic heterocycles. The molecule has 0 saturated carbocycles. The number of rotatable bonds is 12. The fourth-order valence-corrected chi connectivity index (χ4v) is 14.6. The molecule has 9 aromatic rings. The molecule has 12 rings (SSSR count). The van der Waals surface area contributed by atoms with Crippen molar-refractivity contribution < 1.29 is 77.5 Å². The van der Waals surface area contributed by atoms with Crippen LogP contribution in [-0.4, -0.2) is 124 Å². The number of imidazole rings is 3. The molecule has 9 heterocycles. The Balaban J connectivity index is 0.000000234. The predicted octanol–water partition coefficient (Wildman–Crippen LogP) is 11.4. The Kier molecular flexibility index (Phi) is 17.6. The third-order valence-electron chi connectivity index (χ3n) is 12.7. The molecule has 24 nitrogen and oxygen atoms in total. The Morgan fingerprint density at radius 2 is 0.750 bits per heavy atom. The highest BCUT2D eigenvalue weighted by Gasteiger charge is 2.44. The van der Waals surface area contributed by atoms with Crippen molar-refractivity contribution in [3.63, 3.8) is 0 Å². The van der Waals surface area contributed by atoms with E-state index in [1.807, 2.05) is 14.2 Å². The van der Waals surface area contributed by atoms with Crippen molar-refractivity contribution in [2.45, 2.75) is 77.6 Å². The fourth-order valence-electron chi connectivity index (χ4n) is 8.24. The zero-order valence-electron chi connectivity index (χ0n) is 65.3. The Morgan fingerprint density at radius 1 is 0.490 bits per heavy atom. The van der Waals surface area contributed by atoms with Crippen LogP contribution < -0.4 is 30.1 Å². The summed E-state index contributed by atoms with van der Waals surface area (Å²) in [5, 5.41) is 5.21. The van der Waals surface area contributed by atoms with Gasteiger partial charge in [0.2, 0.25) is 17.7 Å². The lowest BCUT2D eigenvalue weighted by atomic mass is 10.1. The molecule has 5 unspecified atom stereocenters. The normalized spacial score (nSPS) is 30.5. The van der Waals surface area contributed by atoms with E-state index in [0.29, 0.717) is 31.7 Å². The highest BCUT2D eigenvalue weighted by Crippen LogP contribution is 2.40. The van der Waals surface area contributed by atoms with E-state index in [0.717, 1.165) is 88.6 Å². The van der Waals surface area contributed by atoms with E-state index in [1.54, 1.807) is 53.4 Å². The summed E-state index contributed by atoms with van der Waals surface area (Å²) in [5.41, 5.74) is 0.946. The third-order valence-corrected chi connectivity index (χ3v) is 20.4. The van der Waals surface area contributed by atoms with Crippen molar-refractivity contribution in [3.8, 4) is 31.7 Å². The molecule has 3 fully saturated rings. The van der Waals surface area contributed by atoms with E-state index < -0.39 is 170 Å². The highest BCUT2D eigenvalue weighted by atomic mass is 35.5. The number of aromatic nitrogens is 6. The van der Waals surface area contributed by atoms with Crippen LogP contribution in [0.4, 0.5) is 30.2 Å². The SMILES string of the molecule is C.C.C.[2H]C1C([2H])(c2ccc(-c3cn(C)cn3)s2)NS(=O)(=O)N(C([2H])([2H])[2H])C1([2H])C(=O)Nc1ccc(F)c(Cl)c1.[2H]C1[C@]([2H])(C(=O)Nc2ccc(F)c(Cl)c2)N(C([2H])([2H])[2H])S(=O)(=O)N[C@]1([2H])c1ccc(-c2cn(C)cn2)s1.[2H]C1[C@]([2H])(c2ccc(-c3cn(C)cn3)s2)NS(=O)(=O)N(C([2H])([2H])[2H])[C@]1([2H])C(=O)Nc1ccc(F)c(Cl)c1. The van der Waals surface area contributed by atoms with Crippen molar-refractivity contribution in [2.75, 3.05) is 36.9 Å². The number of carbonyl (C=O) groups is 3. The first-order valence-electron chi connectivity index (χ1n) is 35.1. The average molecular weight is 1520 g/mol. The molecule has 3 saturated heterocycles. The number of amides is 3. The van der Waals surface area contributed by atoms with E-state index in [4.69, 9.17) is 59.5 Å². The first-order valence-corrected chi connectivity index (χ1v) is 33.8. The molecule has 6 N–H and O–H groups in total. The van der Waals surface area contributed by atoms with Crippen LogP contribution in [0, 0.1) is 17.5 Å². The molecule has 36 heteroatoms. The van der Waals surface area contributed by atoms with Gasteiger partial charge in [-0.3, -0.25) is 14.4 Å². The molecule has 9 atom stereocenters. The van der Waals surface area contributed by atoms with E-state index in [2.05, 4.69) is 30.9 Å². The van der Waals surface area contributed by atoms with Crippen molar-refractivity contribution in [1.82, 2.24) is 55.7 Å². The maximum atomic E-state index is 13.6. The lowest BCUT2D eigenvalue weighted by molar-refractivity contribution is -0.120. The topological polar surface area (TPSA) is 289 Å². The molecule has 0 radical (unpaired) electrons. The van der Waals surface area contributed by atoms with Crippen LogP contribution in [0.1, 0.15) is 98.8 Å². The Bertz CT molecular complexity index is 4980. The number of benzene rings is 3. The molecule has 3 aliphatic rings. The minimum absolute atomic E-state index is 0. The summed E-state index contributed by atoms with van der Waals surface area (Å²) in [5.74, 6) is -7.10. The standard InChI is InChI=1S/3C19H19ClFN5O3S2.3CH4/c3*1-25-9-15(22-10-25)18-6-5-17(30-18)14-8-16(26(2)31(28,29)24-14)19(27)23-11-3-4-13(21)12(20)7-11;;;/h3*3-7,9-10,14,16,24H,8H2,1-2H3,(H,23,27);3*1H4/t2*14-,16+;;;;/m10..../s1/i3*2D3,8D,14D,16D;;;/t2*8?,14-,16+;;;;.